The fraction of sp³-hybridized carbons (Fsp3) is 0.250. The summed E-state index contributed by atoms with van der Waals surface area (Å²) in [7, 11) is 1.58. The van der Waals surface area contributed by atoms with Crippen LogP contribution < -0.4 is 16.1 Å². The topological polar surface area (TPSA) is 101 Å². The van der Waals surface area contributed by atoms with Crippen molar-refractivity contribution in [1.29, 1.82) is 0 Å². The number of carbonyl (C=O) groups is 2. The van der Waals surface area contributed by atoms with Crippen LogP contribution in [0.25, 0.3) is 0 Å². The molecule has 2 rings (SSSR count). The number of esters is 1. The van der Waals surface area contributed by atoms with Gasteiger partial charge in [-0.3, -0.25) is 23.9 Å². The van der Waals surface area contributed by atoms with Crippen LogP contribution in [0.15, 0.2) is 52.2 Å². The number of hydrogen-bond acceptors (Lipinski definition) is 5. The summed E-state index contributed by atoms with van der Waals surface area (Å²) in [6.45, 7) is 1.05. The summed E-state index contributed by atoms with van der Waals surface area (Å²) in [6, 6.07) is 10.0. The third-order valence-electron chi connectivity index (χ3n) is 3.33. The van der Waals surface area contributed by atoms with E-state index in [4.69, 9.17) is 4.74 Å². The van der Waals surface area contributed by atoms with Gasteiger partial charge in [-0.1, -0.05) is 18.2 Å². The molecule has 0 aliphatic carbocycles. The molecule has 0 spiro atoms. The number of anilines is 1. The van der Waals surface area contributed by atoms with Crippen molar-refractivity contribution >= 4 is 17.6 Å². The Morgan fingerprint density at radius 2 is 1.88 bits per heavy atom. The summed E-state index contributed by atoms with van der Waals surface area (Å²) in [5, 5.41) is 0. The van der Waals surface area contributed by atoms with Gasteiger partial charge in [0.05, 0.1) is 0 Å². The number of carbonyl (C=O) groups excluding carboxylic acids is 2. The summed E-state index contributed by atoms with van der Waals surface area (Å²) in [4.78, 5) is 50.0. The van der Waals surface area contributed by atoms with E-state index >= 15 is 0 Å². The van der Waals surface area contributed by atoms with Gasteiger partial charge in [-0.15, -0.1) is 0 Å². The predicted molar refractivity (Wildman–Crippen MR) is 86.7 cm³/mol. The fourth-order valence-corrected chi connectivity index (χ4v) is 2.04. The lowest BCUT2D eigenvalue weighted by molar-refractivity contribution is -0.154. The van der Waals surface area contributed by atoms with Crippen LogP contribution in [0.4, 0.5) is 5.69 Å². The highest BCUT2D eigenvalue weighted by atomic mass is 16.5. The largest absolute Gasteiger partial charge is 0.451 e. The van der Waals surface area contributed by atoms with Crippen LogP contribution in [-0.2, 0) is 20.9 Å². The van der Waals surface area contributed by atoms with Gasteiger partial charge in [0, 0.05) is 25.0 Å². The molecule has 0 radical (unpaired) electrons. The average Bonchev–Trinajstić information content (AvgIpc) is 2.56. The highest BCUT2D eigenvalue weighted by Crippen LogP contribution is 2.13. The molecule has 0 fully saturated rings. The second kappa shape index (κ2) is 7.40. The fourth-order valence-electron chi connectivity index (χ4n) is 2.04. The van der Waals surface area contributed by atoms with Gasteiger partial charge in [0.1, 0.15) is 6.54 Å². The van der Waals surface area contributed by atoms with Gasteiger partial charge in [-0.2, -0.15) is 0 Å². The Balaban J connectivity index is 1.99. The van der Waals surface area contributed by atoms with Gasteiger partial charge in [0.25, 0.3) is 11.5 Å². The SMILES string of the molecule is C[C@@H](OC(=O)Cn1ccc(=O)[nH]c1=O)C(=O)N(C)c1ccccc1. The van der Waals surface area contributed by atoms with E-state index in [2.05, 4.69) is 0 Å². The van der Waals surface area contributed by atoms with Gasteiger partial charge in [-0.05, 0) is 19.1 Å². The molecular weight excluding hydrogens is 314 g/mol. The number of amides is 1. The molecule has 1 amide bonds. The third-order valence-corrected chi connectivity index (χ3v) is 3.33. The molecule has 1 N–H and O–H groups in total. The van der Waals surface area contributed by atoms with Crippen LogP contribution in [0.2, 0.25) is 0 Å². The zero-order valence-corrected chi connectivity index (χ0v) is 13.3. The average molecular weight is 331 g/mol. The van der Waals surface area contributed by atoms with E-state index in [0.717, 1.165) is 10.6 Å². The molecule has 8 nitrogen and oxygen atoms in total. The van der Waals surface area contributed by atoms with Crippen molar-refractivity contribution < 1.29 is 14.3 Å². The number of para-hydroxylation sites is 1. The van der Waals surface area contributed by atoms with Crippen LogP contribution in [0.5, 0.6) is 0 Å². The first-order valence-corrected chi connectivity index (χ1v) is 7.20. The van der Waals surface area contributed by atoms with Crippen molar-refractivity contribution in [2.45, 2.75) is 19.6 Å². The first-order chi connectivity index (χ1) is 11.4. The molecule has 1 aromatic carbocycles. The highest BCUT2D eigenvalue weighted by Gasteiger charge is 2.22. The molecule has 0 aliphatic rings. The van der Waals surface area contributed by atoms with Crippen LogP contribution in [-0.4, -0.2) is 34.6 Å². The number of benzene rings is 1. The minimum atomic E-state index is -1.01. The van der Waals surface area contributed by atoms with Crippen LogP contribution in [0.1, 0.15) is 6.92 Å². The van der Waals surface area contributed by atoms with E-state index in [1.54, 1.807) is 31.3 Å². The van der Waals surface area contributed by atoms with Crippen LogP contribution >= 0.6 is 0 Å². The Morgan fingerprint density at radius 3 is 2.50 bits per heavy atom. The van der Waals surface area contributed by atoms with Crippen molar-refractivity contribution in [3.05, 3.63) is 63.4 Å². The second-order valence-corrected chi connectivity index (χ2v) is 5.10. The molecule has 24 heavy (non-hydrogen) atoms. The standard InChI is InChI=1S/C16H17N3O5/c1-11(15(22)18(2)12-6-4-3-5-7-12)24-14(21)10-19-9-8-13(20)17-16(19)23/h3-9,11H,10H2,1-2H3,(H,17,20,23)/t11-/m1/s1. The van der Waals surface area contributed by atoms with E-state index in [1.807, 2.05) is 11.1 Å². The summed E-state index contributed by atoms with van der Waals surface area (Å²) in [6.07, 6.45) is 0.173. The maximum Gasteiger partial charge on any atom is 0.328 e. The number of likely N-dealkylation sites (N-methyl/N-ethyl adjacent to an activating group) is 1. The zero-order chi connectivity index (χ0) is 17.7. The molecule has 1 atom stereocenters. The first-order valence-electron chi connectivity index (χ1n) is 7.20. The third kappa shape index (κ3) is 4.19. The number of hydrogen-bond donors (Lipinski definition) is 1. The number of aromatic amines is 1. The molecule has 1 aromatic heterocycles. The summed E-state index contributed by atoms with van der Waals surface area (Å²) in [5.41, 5.74) is -0.611. The lowest BCUT2D eigenvalue weighted by Crippen LogP contribution is -2.39. The van der Waals surface area contributed by atoms with E-state index < -0.39 is 35.8 Å². The first kappa shape index (κ1) is 17.2. The quantitative estimate of drug-likeness (QED) is 0.785. The molecule has 0 saturated carbocycles. The lowest BCUT2D eigenvalue weighted by atomic mass is 10.2. The maximum atomic E-state index is 12.3. The van der Waals surface area contributed by atoms with Gasteiger partial charge < -0.3 is 9.64 Å². The minimum absolute atomic E-state index is 0.400. The Bertz CT molecular complexity index is 841. The number of aromatic nitrogens is 2. The monoisotopic (exact) mass is 331 g/mol. The Morgan fingerprint density at radius 1 is 1.21 bits per heavy atom. The highest BCUT2D eigenvalue weighted by molar-refractivity contribution is 5.96. The number of nitrogens with zero attached hydrogens (tertiary/aromatic N) is 2. The van der Waals surface area contributed by atoms with Gasteiger partial charge in [-0.25, -0.2) is 4.79 Å². The minimum Gasteiger partial charge on any atom is -0.451 e. The van der Waals surface area contributed by atoms with Gasteiger partial charge in [0.2, 0.25) is 0 Å². The Hall–Kier alpha value is -3.16. The number of ether oxygens (including phenoxy) is 1. The molecule has 0 aliphatic heterocycles. The second-order valence-electron chi connectivity index (χ2n) is 5.10. The molecule has 0 unspecified atom stereocenters. The van der Waals surface area contributed by atoms with E-state index in [9.17, 15) is 19.2 Å². The molecular formula is C16H17N3O5. The summed E-state index contributed by atoms with van der Waals surface area (Å²) >= 11 is 0. The molecule has 8 heteroatoms. The lowest BCUT2D eigenvalue weighted by Gasteiger charge is -2.21. The van der Waals surface area contributed by atoms with Crippen molar-refractivity contribution in [2.75, 3.05) is 11.9 Å². The normalized spacial score (nSPS) is 11.6. The Kier molecular flexibility index (Phi) is 5.31. The summed E-state index contributed by atoms with van der Waals surface area (Å²) in [5.74, 6) is -1.16. The zero-order valence-electron chi connectivity index (χ0n) is 13.3. The smallest absolute Gasteiger partial charge is 0.328 e. The van der Waals surface area contributed by atoms with Crippen LogP contribution in [0, 0.1) is 0 Å². The van der Waals surface area contributed by atoms with Crippen molar-refractivity contribution in [3.63, 3.8) is 0 Å². The molecule has 0 bridgehead atoms. The van der Waals surface area contributed by atoms with Crippen LogP contribution in [0.3, 0.4) is 0 Å². The van der Waals surface area contributed by atoms with Crippen molar-refractivity contribution in [3.8, 4) is 0 Å². The molecule has 1 heterocycles. The Labute approximate surface area is 137 Å². The van der Waals surface area contributed by atoms with Gasteiger partial charge in [0.15, 0.2) is 6.10 Å². The number of H-pyrrole nitrogens is 1. The number of nitrogens with one attached hydrogen (secondary N) is 1. The molecule has 2 aromatic rings. The maximum absolute atomic E-state index is 12.3. The van der Waals surface area contributed by atoms with Crippen molar-refractivity contribution in [2.24, 2.45) is 0 Å². The summed E-state index contributed by atoms with van der Waals surface area (Å²) < 4.78 is 6.05. The van der Waals surface area contributed by atoms with Gasteiger partial charge >= 0.3 is 11.7 Å². The van der Waals surface area contributed by atoms with Crippen molar-refractivity contribution in [1.82, 2.24) is 9.55 Å². The molecule has 0 saturated heterocycles. The predicted octanol–water partition coefficient (Wildman–Crippen LogP) is 0.131. The molecule has 126 valence electrons. The van der Waals surface area contributed by atoms with E-state index in [1.165, 1.54) is 18.0 Å². The van der Waals surface area contributed by atoms with E-state index in [-0.39, 0.29) is 0 Å². The van der Waals surface area contributed by atoms with E-state index in [0.29, 0.717) is 5.69 Å². The number of rotatable bonds is 5.